The fraction of sp³-hybridized carbons (Fsp3) is 0.267. The molecule has 36 heavy (non-hydrogen) atoms. The third-order valence-corrected chi connectivity index (χ3v) is 5.81. The number of nitrogens with one attached hydrogen (secondary N) is 1. The number of ether oxygens (including phenoxy) is 2. The molecule has 6 nitrogen and oxygen atoms in total. The lowest BCUT2D eigenvalue weighted by Crippen LogP contribution is -2.22. The molecule has 0 fully saturated rings. The van der Waals surface area contributed by atoms with Gasteiger partial charge in [-0.25, -0.2) is 0 Å². The van der Waals surface area contributed by atoms with Gasteiger partial charge in [0.15, 0.2) is 12.4 Å². The number of hydrogen-bond acceptors (Lipinski definition) is 5. The molecule has 4 aromatic rings. The van der Waals surface area contributed by atoms with Gasteiger partial charge in [0.1, 0.15) is 11.3 Å². The van der Waals surface area contributed by atoms with Crippen molar-refractivity contribution in [2.75, 3.05) is 18.5 Å². The highest BCUT2D eigenvalue weighted by Gasteiger charge is 2.20. The van der Waals surface area contributed by atoms with E-state index >= 15 is 0 Å². The Morgan fingerprint density at radius 2 is 1.64 bits per heavy atom. The van der Waals surface area contributed by atoms with E-state index in [0.29, 0.717) is 34.6 Å². The first-order valence-electron chi connectivity index (χ1n) is 12.0. The standard InChI is InChI=1S/C30H31NO5/c1-6-34-23-14-12-22(13-15-23)31-26(32)18-35-29-27(33)24-17-19(2)7-16-25(24)36-28(29)20-8-10-21(11-9-20)30(3,4)5/h7-17H,6,18H2,1-5H3,(H,31,32). The van der Waals surface area contributed by atoms with Crippen molar-refractivity contribution in [3.05, 3.63) is 88.1 Å². The highest BCUT2D eigenvalue weighted by atomic mass is 16.5. The maximum absolute atomic E-state index is 13.4. The predicted octanol–water partition coefficient (Wildman–Crippen LogP) is 6.48. The van der Waals surface area contributed by atoms with Crippen molar-refractivity contribution in [1.82, 2.24) is 0 Å². The van der Waals surface area contributed by atoms with Gasteiger partial charge in [0.05, 0.1) is 12.0 Å². The highest BCUT2D eigenvalue weighted by molar-refractivity contribution is 5.92. The average Bonchev–Trinajstić information content (AvgIpc) is 2.84. The summed E-state index contributed by atoms with van der Waals surface area (Å²) in [6.07, 6.45) is 0. The molecule has 0 spiro atoms. The van der Waals surface area contributed by atoms with Gasteiger partial charge in [-0.05, 0) is 61.2 Å². The van der Waals surface area contributed by atoms with Crippen LogP contribution in [0.4, 0.5) is 5.69 Å². The summed E-state index contributed by atoms with van der Waals surface area (Å²) in [5.74, 6) is 0.638. The molecule has 1 aromatic heterocycles. The highest BCUT2D eigenvalue weighted by Crippen LogP contribution is 2.33. The Morgan fingerprint density at radius 1 is 0.944 bits per heavy atom. The van der Waals surface area contributed by atoms with Crippen LogP contribution < -0.4 is 20.2 Å². The molecular formula is C30H31NO5. The van der Waals surface area contributed by atoms with Crippen molar-refractivity contribution in [2.45, 2.75) is 40.0 Å². The largest absolute Gasteiger partial charge is 0.494 e. The summed E-state index contributed by atoms with van der Waals surface area (Å²) in [7, 11) is 0. The van der Waals surface area contributed by atoms with E-state index in [4.69, 9.17) is 13.9 Å². The molecule has 0 aliphatic rings. The Bertz CT molecular complexity index is 1430. The van der Waals surface area contributed by atoms with Crippen LogP contribution in [-0.2, 0) is 10.2 Å². The van der Waals surface area contributed by atoms with Crippen molar-refractivity contribution in [2.24, 2.45) is 0 Å². The summed E-state index contributed by atoms with van der Waals surface area (Å²) in [5.41, 5.74) is 3.52. The Kier molecular flexibility index (Phi) is 7.15. The van der Waals surface area contributed by atoms with Gasteiger partial charge >= 0.3 is 0 Å². The maximum atomic E-state index is 13.4. The molecule has 0 saturated carbocycles. The zero-order valence-electron chi connectivity index (χ0n) is 21.3. The third-order valence-electron chi connectivity index (χ3n) is 5.81. The van der Waals surface area contributed by atoms with Crippen LogP contribution in [0.25, 0.3) is 22.3 Å². The molecular weight excluding hydrogens is 454 g/mol. The second-order valence-corrected chi connectivity index (χ2v) is 9.71. The number of fused-ring (bicyclic) bond motifs is 1. The summed E-state index contributed by atoms with van der Waals surface area (Å²) in [4.78, 5) is 26.1. The summed E-state index contributed by atoms with van der Waals surface area (Å²) >= 11 is 0. The molecule has 4 rings (SSSR count). The molecule has 1 heterocycles. The van der Waals surface area contributed by atoms with E-state index in [2.05, 4.69) is 26.1 Å². The van der Waals surface area contributed by atoms with E-state index in [1.54, 1.807) is 36.4 Å². The molecule has 1 amide bonds. The quantitative estimate of drug-likeness (QED) is 0.324. The molecule has 1 N–H and O–H groups in total. The molecule has 0 aliphatic heterocycles. The lowest BCUT2D eigenvalue weighted by molar-refractivity contribution is -0.118. The molecule has 0 bridgehead atoms. The van der Waals surface area contributed by atoms with Crippen LogP contribution in [0.3, 0.4) is 0 Å². The monoisotopic (exact) mass is 485 g/mol. The van der Waals surface area contributed by atoms with Gasteiger partial charge in [0.2, 0.25) is 11.2 Å². The number of aryl methyl sites for hydroxylation is 1. The van der Waals surface area contributed by atoms with Crippen molar-refractivity contribution in [1.29, 1.82) is 0 Å². The number of hydrogen-bond donors (Lipinski definition) is 1. The van der Waals surface area contributed by atoms with Crippen LogP contribution in [0.1, 0.15) is 38.8 Å². The van der Waals surface area contributed by atoms with E-state index in [-0.39, 0.29) is 23.2 Å². The van der Waals surface area contributed by atoms with Crippen LogP contribution in [-0.4, -0.2) is 19.1 Å². The first kappa shape index (κ1) is 25.0. The maximum Gasteiger partial charge on any atom is 0.262 e. The molecule has 0 atom stereocenters. The van der Waals surface area contributed by atoms with E-state index in [1.165, 1.54) is 0 Å². The number of anilines is 1. The van der Waals surface area contributed by atoms with Crippen molar-refractivity contribution >= 4 is 22.6 Å². The summed E-state index contributed by atoms with van der Waals surface area (Å²) < 4.78 is 17.4. The predicted molar refractivity (Wildman–Crippen MR) is 143 cm³/mol. The molecule has 186 valence electrons. The molecule has 3 aromatic carbocycles. The zero-order valence-corrected chi connectivity index (χ0v) is 21.3. The van der Waals surface area contributed by atoms with Crippen LogP contribution in [0.5, 0.6) is 11.5 Å². The normalized spacial score (nSPS) is 11.4. The van der Waals surface area contributed by atoms with Crippen LogP contribution in [0.15, 0.2) is 75.9 Å². The summed E-state index contributed by atoms with van der Waals surface area (Å²) in [6, 6.07) is 20.3. The van der Waals surface area contributed by atoms with E-state index < -0.39 is 5.91 Å². The first-order valence-corrected chi connectivity index (χ1v) is 12.0. The number of benzene rings is 3. The fourth-order valence-electron chi connectivity index (χ4n) is 3.87. The smallest absolute Gasteiger partial charge is 0.262 e. The van der Waals surface area contributed by atoms with Gasteiger partial charge in [-0.1, -0.05) is 56.7 Å². The van der Waals surface area contributed by atoms with Crippen molar-refractivity contribution in [3.63, 3.8) is 0 Å². The summed E-state index contributed by atoms with van der Waals surface area (Å²) in [6.45, 7) is 10.4. The molecule has 0 unspecified atom stereocenters. The number of amides is 1. The van der Waals surface area contributed by atoms with Crippen LogP contribution in [0.2, 0.25) is 0 Å². The van der Waals surface area contributed by atoms with Gasteiger partial charge in [-0.3, -0.25) is 9.59 Å². The van der Waals surface area contributed by atoms with Gasteiger partial charge in [-0.2, -0.15) is 0 Å². The van der Waals surface area contributed by atoms with Crippen molar-refractivity contribution in [3.8, 4) is 22.8 Å². The Balaban J connectivity index is 1.64. The topological polar surface area (TPSA) is 77.8 Å². The van der Waals surface area contributed by atoms with Gasteiger partial charge in [0.25, 0.3) is 5.91 Å². The number of carbonyl (C=O) groups is 1. The van der Waals surface area contributed by atoms with Gasteiger partial charge in [-0.15, -0.1) is 0 Å². The molecule has 0 aliphatic carbocycles. The van der Waals surface area contributed by atoms with Gasteiger partial charge in [0, 0.05) is 11.3 Å². The molecule has 6 heteroatoms. The SMILES string of the molecule is CCOc1ccc(NC(=O)COc2c(-c3ccc(C(C)(C)C)cc3)oc3ccc(C)cc3c2=O)cc1. The zero-order chi connectivity index (χ0) is 25.9. The van der Waals surface area contributed by atoms with E-state index in [0.717, 1.165) is 16.9 Å². The number of rotatable bonds is 7. The minimum Gasteiger partial charge on any atom is -0.494 e. The van der Waals surface area contributed by atoms with Crippen molar-refractivity contribution < 1.29 is 18.7 Å². The Morgan fingerprint density at radius 3 is 2.28 bits per heavy atom. The molecule has 0 saturated heterocycles. The van der Waals surface area contributed by atoms with E-state index in [9.17, 15) is 9.59 Å². The second-order valence-electron chi connectivity index (χ2n) is 9.71. The Labute approximate surface area is 210 Å². The molecule has 0 radical (unpaired) electrons. The Hall–Kier alpha value is -4.06. The minimum atomic E-state index is -0.392. The average molecular weight is 486 g/mol. The second kappa shape index (κ2) is 10.3. The summed E-state index contributed by atoms with van der Waals surface area (Å²) in [5, 5.41) is 3.19. The van der Waals surface area contributed by atoms with Crippen LogP contribution in [0, 0.1) is 6.92 Å². The van der Waals surface area contributed by atoms with E-state index in [1.807, 2.05) is 44.2 Å². The lowest BCUT2D eigenvalue weighted by atomic mass is 9.86. The lowest BCUT2D eigenvalue weighted by Gasteiger charge is -2.19. The first-order chi connectivity index (χ1) is 17.2. The van der Waals surface area contributed by atoms with Gasteiger partial charge < -0.3 is 19.2 Å². The minimum absolute atomic E-state index is 0.0125. The fourth-order valence-corrected chi connectivity index (χ4v) is 3.87. The van der Waals surface area contributed by atoms with Crippen LogP contribution >= 0.6 is 0 Å². The number of carbonyl (C=O) groups excluding carboxylic acids is 1. The third kappa shape index (κ3) is 5.60.